The lowest BCUT2D eigenvalue weighted by atomic mass is 9.91. The van der Waals surface area contributed by atoms with Crippen molar-refractivity contribution in [1.29, 1.82) is 0 Å². The summed E-state index contributed by atoms with van der Waals surface area (Å²) >= 11 is 0. The van der Waals surface area contributed by atoms with E-state index >= 15 is 0 Å². The number of benzene rings is 2. The van der Waals surface area contributed by atoms with Gasteiger partial charge in [-0.2, -0.15) is 0 Å². The summed E-state index contributed by atoms with van der Waals surface area (Å²) in [6.07, 6.45) is -3.20. The van der Waals surface area contributed by atoms with Crippen LogP contribution in [0.4, 0.5) is 23.2 Å². The van der Waals surface area contributed by atoms with Crippen LogP contribution in [-0.2, 0) is 20.8 Å². The van der Waals surface area contributed by atoms with Crippen molar-refractivity contribution in [2.24, 2.45) is 0 Å². The number of nitrogens with zero attached hydrogens (tertiary/aromatic N) is 1. The number of rotatable bonds is 9. The summed E-state index contributed by atoms with van der Waals surface area (Å²) < 4.78 is 59.6. The lowest BCUT2D eigenvalue weighted by molar-refractivity contribution is -0.143. The molecule has 0 fully saturated rings. The third-order valence-electron chi connectivity index (χ3n) is 5.90. The van der Waals surface area contributed by atoms with Gasteiger partial charge in [-0.15, -0.1) is 0 Å². The number of carboxylic acids is 1. The molecule has 1 aliphatic rings. The summed E-state index contributed by atoms with van der Waals surface area (Å²) in [6.45, 7) is 4.58. The van der Waals surface area contributed by atoms with Gasteiger partial charge in [0.05, 0.1) is 14.5 Å². The van der Waals surface area contributed by atoms with E-state index in [4.69, 9.17) is 9.84 Å². The van der Waals surface area contributed by atoms with Crippen LogP contribution in [-0.4, -0.2) is 55.4 Å². The van der Waals surface area contributed by atoms with Gasteiger partial charge in [0.15, 0.2) is 0 Å². The molecular weight excluding hydrogens is 512 g/mol. The average molecular weight is 541 g/mol. The summed E-state index contributed by atoms with van der Waals surface area (Å²) in [5.41, 5.74) is 0.807. The van der Waals surface area contributed by atoms with Crippen LogP contribution in [0.2, 0.25) is 19.6 Å². The summed E-state index contributed by atoms with van der Waals surface area (Å²) in [7, 11) is -2.35. The maximum atomic E-state index is 14.7. The summed E-state index contributed by atoms with van der Waals surface area (Å²) in [6, 6.07) is 5.16. The number of carboxylic acid groups (broad SMARTS) is 1. The fourth-order valence-corrected chi connectivity index (χ4v) is 5.91. The lowest BCUT2D eigenvalue weighted by Crippen LogP contribution is -2.45. The molecule has 1 aliphatic heterocycles. The van der Waals surface area contributed by atoms with E-state index in [1.54, 1.807) is 19.6 Å². The van der Waals surface area contributed by atoms with Gasteiger partial charge in [-0.05, 0) is 41.8 Å². The Morgan fingerprint density at radius 1 is 1.11 bits per heavy atom. The second kappa shape index (κ2) is 11.3. The van der Waals surface area contributed by atoms with Gasteiger partial charge in [-0.25, -0.2) is 17.6 Å². The molecule has 0 radical (unpaired) electrons. The molecule has 7 nitrogen and oxygen atoms in total. The molecule has 0 aliphatic carbocycles. The van der Waals surface area contributed by atoms with Crippen LogP contribution in [0.15, 0.2) is 30.3 Å². The lowest BCUT2D eigenvalue weighted by Gasteiger charge is -2.36. The highest BCUT2D eigenvalue weighted by Gasteiger charge is 2.36. The van der Waals surface area contributed by atoms with Crippen molar-refractivity contribution in [3.63, 3.8) is 0 Å². The molecule has 0 bridgehead atoms. The van der Waals surface area contributed by atoms with Gasteiger partial charge in [0.25, 0.3) is 12.3 Å². The van der Waals surface area contributed by atoms with Crippen LogP contribution in [0.25, 0.3) is 0 Å². The van der Waals surface area contributed by atoms with Gasteiger partial charge in [-0.1, -0.05) is 25.7 Å². The van der Waals surface area contributed by atoms with E-state index in [1.165, 1.54) is 23.1 Å². The van der Waals surface area contributed by atoms with Crippen LogP contribution < -0.4 is 15.2 Å². The third kappa shape index (κ3) is 6.88. The number of nitrogens with one attached hydrogen (secondary N) is 1. The van der Waals surface area contributed by atoms with E-state index in [0.29, 0.717) is 11.1 Å². The van der Waals surface area contributed by atoms with Gasteiger partial charge in [-0.3, -0.25) is 14.4 Å². The number of hydrogen-bond acceptors (Lipinski definition) is 4. The van der Waals surface area contributed by atoms with Crippen LogP contribution in [0.5, 0.6) is 5.75 Å². The van der Waals surface area contributed by atoms with Gasteiger partial charge in [0.2, 0.25) is 5.91 Å². The normalized spacial score (nSPS) is 15.4. The number of fused-ring (bicyclic) bond motifs is 1. The Kier molecular flexibility index (Phi) is 8.62. The van der Waals surface area contributed by atoms with E-state index in [-0.39, 0.29) is 36.0 Å². The zero-order chi connectivity index (χ0) is 27.5. The van der Waals surface area contributed by atoms with Gasteiger partial charge < -0.3 is 20.1 Å². The monoisotopic (exact) mass is 540 g/mol. The van der Waals surface area contributed by atoms with Crippen molar-refractivity contribution in [3.05, 3.63) is 53.1 Å². The Hall–Kier alpha value is -3.41. The Labute approximate surface area is 212 Å². The van der Waals surface area contributed by atoms with Gasteiger partial charge in [0.1, 0.15) is 30.0 Å². The first-order valence-corrected chi connectivity index (χ1v) is 15.1. The molecule has 0 saturated carbocycles. The number of carbonyl (C=O) groups is 3. The summed E-state index contributed by atoms with van der Waals surface area (Å²) in [5, 5.41) is 11.4. The predicted molar refractivity (Wildman–Crippen MR) is 131 cm³/mol. The maximum absolute atomic E-state index is 14.7. The fourth-order valence-electron chi connectivity index (χ4n) is 4.33. The minimum Gasteiger partial charge on any atom is -0.488 e. The number of carbonyl (C=O) groups excluding carboxylic acids is 2. The average Bonchev–Trinajstić information content (AvgIpc) is 2.78. The molecule has 1 unspecified atom stereocenters. The van der Waals surface area contributed by atoms with Crippen LogP contribution >= 0.6 is 0 Å². The van der Waals surface area contributed by atoms with Crippen molar-refractivity contribution in [1.82, 2.24) is 4.90 Å². The molecule has 0 spiro atoms. The highest BCUT2D eigenvalue weighted by Crippen LogP contribution is 2.34. The fraction of sp³-hybridized carbons (Fsp3) is 0.400. The Balaban J connectivity index is 1.95. The summed E-state index contributed by atoms with van der Waals surface area (Å²) in [5.74, 6) is -3.93. The second-order valence-electron chi connectivity index (χ2n) is 9.75. The molecule has 1 heterocycles. The maximum Gasteiger partial charge on any atom is 0.303 e. The number of alkyl halides is 2. The van der Waals surface area contributed by atoms with Crippen molar-refractivity contribution >= 4 is 36.7 Å². The Morgan fingerprint density at radius 2 is 1.76 bits per heavy atom. The van der Waals surface area contributed by atoms with E-state index in [2.05, 4.69) is 5.32 Å². The molecule has 0 aromatic heterocycles. The number of anilines is 1. The highest BCUT2D eigenvalue weighted by molar-refractivity contribution is 6.88. The quantitative estimate of drug-likeness (QED) is 0.369. The molecule has 12 heteroatoms. The highest BCUT2D eigenvalue weighted by atomic mass is 28.3. The molecule has 2 amide bonds. The molecule has 37 heavy (non-hydrogen) atoms. The van der Waals surface area contributed by atoms with Crippen LogP contribution in [0.1, 0.15) is 30.0 Å². The first kappa shape index (κ1) is 28.2. The molecule has 2 N–H and O–H groups in total. The van der Waals surface area contributed by atoms with E-state index in [1.807, 2.05) is 0 Å². The number of halogens is 4. The predicted octanol–water partition coefficient (Wildman–Crippen LogP) is 4.08. The number of amides is 2. The SMILES string of the molecule is C[Si](C)(C)c1c(F)cc(NC(=O)C2c3ccc(OCC(F)F)cc3CCN2C(=O)CCC(=O)O)cc1F. The number of hydrogen-bond donors (Lipinski definition) is 2. The molecule has 2 aromatic rings. The van der Waals surface area contributed by atoms with Crippen LogP contribution in [0, 0.1) is 11.6 Å². The topological polar surface area (TPSA) is 95.9 Å². The molecule has 1 atom stereocenters. The van der Waals surface area contributed by atoms with Crippen molar-refractivity contribution in [2.45, 2.75) is 51.4 Å². The van der Waals surface area contributed by atoms with Gasteiger partial charge in [0, 0.05) is 23.8 Å². The zero-order valence-corrected chi connectivity index (χ0v) is 21.6. The van der Waals surface area contributed by atoms with E-state index in [9.17, 15) is 31.9 Å². The van der Waals surface area contributed by atoms with E-state index in [0.717, 1.165) is 12.1 Å². The summed E-state index contributed by atoms with van der Waals surface area (Å²) in [4.78, 5) is 38.4. The third-order valence-corrected chi connectivity index (χ3v) is 7.88. The first-order valence-electron chi connectivity index (χ1n) is 11.6. The molecular formula is C25H28F4N2O5Si. The molecule has 200 valence electrons. The largest absolute Gasteiger partial charge is 0.488 e. The van der Waals surface area contributed by atoms with Crippen molar-refractivity contribution in [3.8, 4) is 5.75 Å². The first-order chi connectivity index (χ1) is 17.3. The Morgan fingerprint density at radius 3 is 2.32 bits per heavy atom. The Bertz CT molecular complexity index is 1180. The van der Waals surface area contributed by atoms with Crippen LogP contribution in [0.3, 0.4) is 0 Å². The molecule has 2 aromatic carbocycles. The number of ether oxygens (including phenoxy) is 1. The van der Waals surface area contributed by atoms with Crippen molar-refractivity contribution in [2.75, 3.05) is 18.5 Å². The standard InChI is InChI=1S/C25H28F4N2O5Si/c1-37(2,3)24-18(26)11-15(12-19(24)27)30-25(35)23-17-5-4-16(36-13-20(28)29)10-14(17)8-9-31(23)21(32)6-7-22(33)34/h4-5,10-12,20,23H,6-9,13H2,1-3H3,(H,30,35)(H,33,34). The van der Waals surface area contributed by atoms with Gasteiger partial charge >= 0.3 is 5.97 Å². The smallest absolute Gasteiger partial charge is 0.303 e. The zero-order valence-electron chi connectivity index (χ0n) is 20.6. The minimum atomic E-state index is -2.68. The second-order valence-corrected chi connectivity index (χ2v) is 14.8. The molecule has 3 rings (SSSR count). The van der Waals surface area contributed by atoms with Crippen molar-refractivity contribution < 1.29 is 41.8 Å². The molecule has 0 saturated heterocycles. The minimum absolute atomic E-state index is 0.00434. The number of aliphatic carboxylic acids is 1. The van der Waals surface area contributed by atoms with E-state index < -0.39 is 63.0 Å².